The molecular weight excluding hydrogens is 402 g/mol. The van der Waals surface area contributed by atoms with E-state index in [1.165, 1.54) is 4.31 Å². The van der Waals surface area contributed by atoms with E-state index in [2.05, 4.69) is 5.32 Å². The van der Waals surface area contributed by atoms with Crippen molar-refractivity contribution in [2.75, 3.05) is 25.5 Å². The van der Waals surface area contributed by atoms with Gasteiger partial charge in [0.15, 0.2) is 5.82 Å². The van der Waals surface area contributed by atoms with E-state index in [4.69, 9.17) is 9.97 Å². The Morgan fingerprint density at radius 2 is 1.90 bits per heavy atom. The van der Waals surface area contributed by atoms with Crippen LogP contribution in [0.2, 0.25) is 0 Å². The number of aromatic nitrogens is 2. The first kappa shape index (κ1) is 20.7. The maximum Gasteiger partial charge on any atom is 0.243 e. The van der Waals surface area contributed by atoms with E-state index in [1.807, 2.05) is 4.90 Å². The van der Waals surface area contributed by atoms with E-state index in [-0.39, 0.29) is 23.4 Å². The molecule has 0 saturated carbocycles. The van der Waals surface area contributed by atoms with Crippen molar-refractivity contribution in [3.8, 4) is 0 Å². The number of benzene rings is 1. The summed E-state index contributed by atoms with van der Waals surface area (Å²) in [5.74, 6) is 1.32. The molecule has 2 aliphatic heterocycles. The van der Waals surface area contributed by atoms with Gasteiger partial charge >= 0.3 is 0 Å². The summed E-state index contributed by atoms with van der Waals surface area (Å²) in [5.41, 5.74) is 1.66. The van der Waals surface area contributed by atoms with Crippen LogP contribution < -0.4 is 5.32 Å². The van der Waals surface area contributed by atoms with Crippen LogP contribution in [0.3, 0.4) is 0 Å². The van der Waals surface area contributed by atoms with Gasteiger partial charge in [0.05, 0.1) is 16.6 Å². The zero-order valence-corrected chi connectivity index (χ0v) is 18.2. The molecule has 1 aromatic heterocycles. The summed E-state index contributed by atoms with van der Waals surface area (Å²) >= 11 is 0. The standard InChI is InChI=1S/C21H27N5O3S/c1-15(27)26-12-7-6-10-19(26)21-23-18-11-13-25(14-17(18)20(22-2)24-21)30(28,29)16-8-4-3-5-9-16/h3-5,8-9,19H,6-7,10-14H2,1-2H3,(H,22,23,24)/t19-/m0/s1. The number of fused-ring (bicyclic) bond motifs is 1. The number of carbonyl (C=O) groups excluding carboxylic acids is 1. The van der Waals surface area contributed by atoms with Gasteiger partial charge in [-0.25, -0.2) is 18.4 Å². The Kier molecular flexibility index (Phi) is 5.75. The first-order valence-corrected chi connectivity index (χ1v) is 11.8. The number of hydrogen-bond acceptors (Lipinski definition) is 6. The van der Waals surface area contributed by atoms with Gasteiger partial charge in [-0.3, -0.25) is 4.79 Å². The molecule has 8 nitrogen and oxygen atoms in total. The van der Waals surface area contributed by atoms with Crippen LogP contribution in [0.1, 0.15) is 49.3 Å². The van der Waals surface area contributed by atoms with Crippen molar-refractivity contribution in [1.82, 2.24) is 19.2 Å². The lowest BCUT2D eigenvalue weighted by atomic mass is 10.00. The molecule has 0 bridgehead atoms. The highest BCUT2D eigenvalue weighted by Gasteiger charge is 2.33. The predicted molar refractivity (Wildman–Crippen MR) is 113 cm³/mol. The fraction of sp³-hybridized carbons (Fsp3) is 0.476. The van der Waals surface area contributed by atoms with Gasteiger partial charge < -0.3 is 10.2 Å². The zero-order chi connectivity index (χ0) is 21.3. The molecule has 30 heavy (non-hydrogen) atoms. The van der Waals surface area contributed by atoms with Gasteiger partial charge in [0.2, 0.25) is 15.9 Å². The van der Waals surface area contributed by atoms with E-state index in [0.717, 1.165) is 37.1 Å². The quantitative estimate of drug-likeness (QED) is 0.802. The van der Waals surface area contributed by atoms with Crippen molar-refractivity contribution in [3.05, 3.63) is 47.4 Å². The highest BCUT2D eigenvalue weighted by Crippen LogP contribution is 2.33. The minimum atomic E-state index is -3.58. The van der Waals surface area contributed by atoms with E-state index < -0.39 is 10.0 Å². The summed E-state index contributed by atoms with van der Waals surface area (Å²) in [4.78, 5) is 23.7. The topological polar surface area (TPSA) is 95.5 Å². The largest absolute Gasteiger partial charge is 0.373 e. The molecule has 4 rings (SSSR count). The van der Waals surface area contributed by atoms with E-state index in [1.54, 1.807) is 44.3 Å². The van der Waals surface area contributed by atoms with Crippen molar-refractivity contribution < 1.29 is 13.2 Å². The molecule has 2 aromatic rings. The van der Waals surface area contributed by atoms with Crippen LogP contribution in [0, 0.1) is 0 Å². The van der Waals surface area contributed by atoms with Crippen molar-refractivity contribution in [1.29, 1.82) is 0 Å². The Morgan fingerprint density at radius 1 is 1.13 bits per heavy atom. The molecule has 9 heteroatoms. The van der Waals surface area contributed by atoms with E-state index in [0.29, 0.717) is 24.6 Å². The van der Waals surface area contributed by atoms with Crippen LogP contribution in [0.15, 0.2) is 35.2 Å². The summed E-state index contributed by atoms with van der Waals surface area (Å²) in [5, 5.41) is 3.11. The highest BCUT2D eigenvalue weighted by atomic mass is 32.2. The molecule has 0 radical (unpaired) electrons. The Balaban J connectivity index is 1.67. The fourth-order valence-corrected chi connectivity index (χ4v) is 5.72. The van der Waals surface area contributed by atoms with Crippen LogP contribution in [0.4, 0.5) is 5.82 Å². The minimum absolute atomic E-state index is 0.0344. The second kappa shape index (κ2) is 8.31. The van der Waals surface area contributed by atoms with Crippen molar-refractivity contribution >= 4 is 21.7 Å². The lowest BCUT2D eigenvalue weighted by Gasteiger charge is -2.35. The number of rotatable bonds is 4. The highest BCUT2D eigenvalue weighted by molar-refractivity contribution is 7.89. The van der Waals surface area contributed by atoms with Crippen LogP contribution in [-0.2, 0) is 27.8 Å². The van der Waals surface area contributed by atoms with Gasteiger partial charge in [-0.2, -0.15) is 4.31 Å². The number of amides is 1. The Bertz CT molecular complexity index is 1020. The van der Waals surface area contributed by atoms with Crippen molar-refractivity contribution in [2.45, 2.75) is 50.1 Å². The average Bonchev–Trinajstić information content (AvgIpc) is 2.78. The van der Waals surface area contributed by atoms with Crippen LogP contribution in [0.25, 0.3) is 0 Å². The smallest absolute Gasteiger partial charge is 0.243 e. The van der Waals surface area contributed by atoms with Gasteiger partial charge in [-0.1, -0.05) is 18.2 Å². The number of nitrogens with zero attached hydrogens (tertiary/aromatic N) is 4. The Hall–Kier alpha value is -2.52. The number of likely N-dealkylation sites (tertiary alicyclic amines) is 1. The summed E-state index contributed by atoms with van der Waals surface area (Å²) in [6.45, 7) is 2.90. The van der Waals surface area contributed by atoms with Crippen LogP contribution in [-0.4, -0.2) is 53.6 Å². The summed E-state index contributed by atoms with van der Waals surface area (Å²) < 4.78 is 27.6. The molecule has 1 amide bonds. The maximum absolute atomic E-state index is 13.0. The Morgan fingerprint density at radius 3 is 2.60 bits per heavy atom. The number of hydrogen-bond donors (Lipinski definition) is 1. The monoisotopic (exact) mass is 429 g/mol. The third kappa shape index (κ3) is 3.79. The summed E-state index contributed by atoms with van der Waals surface area (Å²) in [7, 11) is -1.80. The third-order valence-corrected chi connectivity index (χ3v) is 7.73. The Labute approximate surface area is 177 Å². The van der Waals surface area contributed by atoms with Crippen LogP contribution >= 0.6 is 0 Å². The number of sulfonamides is 1. The molecule has 1 atom stereocenters. The summed E-state index contributed by atoms with van der Waals surface area (Å²) in [6, 6.07) is 8.36. The number of nitrogens with one attached hydrogen (secondary N) is 1. The average molecular weight is 430 g/mol. The molecular formula is C21H27N5O3S. The lowest BCUT2D eigenvalue weighted by Crippen LogP contribution is -2.39. The normalized spacial score (nSPS) is 19.9. The summed E-state index contributed by atoms with van der Waals surface area (Å²) in [6.07, 6.45) is 3.38. The van der Waals surface area contributed by atoms with Crippen molar-refractivity contribution in [2.24, 2.45) is 0 Å². The fourth-order valence-electron chi connectivity index (χ4n) is 4.29. The van der Waals surface area contributed by atoms with Gasteiger partial charge in [0.1, 0.15) is 5.82 Å². The second-order valence-corrected chi connectivity index (χ2v) is 9.67. The van der Waals surface area contributed by atoms with Gasteiger partial charge in [-0.05, 0) is 31.4 Å². The molecule has 0 spiro atoms. The van der Waals surface area contributed by atoms with Crippen LogP contribution in [0.5, 0.6) is 0 Å². The molecule has 1 N–H and O–H groups in total. The molecule has 0 aliphatic carbocycles. The molecule has 0 unspecified atom stereocenters. The second-order valence-electron chi connectivity index (χ2n) is 7.73. The first-order chi connectivity index (χ1) is 14.4. The molecule has 1 fully saturated rings. The molecule has 2 aliphatic rings. The lowest BCUT2D eigenvalue weighted by molar-refractivity contribution is -0.132. The van der Waals surface area contributed by atoms with E-state index in [9.17, 15) is 13.2 Å². The molecule has 1 aromatic carbocycles. The molecule has 3 heterocycles. The third-order valence-electron chi connectivity index (χ3n) is 5.87. The molecule has 160 valence electrons. The minimum Gasteiger partial charge on any atom is -0.373 e. The maximum atomic E-state index is 13.0. The van der Waals surface area contributed by atoms with Gasteiger partial charge in [0, 0.05) is 45.6 Å². The van der Waals surface area contributed by atoms with Gasteiger partial charge in [-0.15, -0.1) is 0 Å². The number of piperidine rings is 1. The molecule has 1 saturated heterocycles. The number of anilines is 1. The first-order valence-electron chi connectivity index (χ1n) is 10.3. The zero-order valence-electron chi connectivity index (χ0n) is 17.3. The van der Waals surface area contributed by atoms with E-state index >= 15 is 0 Å². The predicted octanol–water partition coefficient (Wildman–Crippen LogP) is 2.34. The SMILES string of the molecule is CNc1nc([C@@H]2CCCCN2C(C)=O)nc2c1CN(S(=O)(=O)c1ccccc1)CC2. The number of carbonyl (C=O) groups is 1. The van der Waals surface area contributed by atoms with Crippen molar-refractivity contribution in [3.63, 3.8) is 0 Å². The van der Waals surface area contributed by atoms with Gasteiger partial charge in [0.25, 0.3) is 0 Å².